The van der Waals surface area contributed by atoms with Crippen LogP contribution in [0.5, 0.6) is 0 Å². The summed E-state index contributed by atoms with van der Waals surface area (Å²) in [5.41, 5.74) is 8.00. The first-order valence-corrected chi connectivity index (χ1v) is 5.65. The Kier molecular flexibility index (Phi) is 3.83. The molecule has 1 atom stereocenters. The van der Waals surface area contributed by atoms with Crippen molar-refractivity contribution in [2.75, 3.05) is 0 Å². The summed E-state index contributed by atoms with van der Waals surface area (Å²) in [5, 5.41) is 0. The summed E-state index contributed by atoms with van der Waals surface area (Å²) < 4.78 is 13.0. The molecular formula is C14H15FN2. The molecule has 0 bridgehead atoms. The van der Waals surface area contributed by atoms with Crippen LogP contribution in [0, 0.1) is 5.82 Å². The van der Waals surface area contributed by atoms with Gasteiger partial charge in [0.05, 0.1) is 6.20 Å². The number of nitrogens with two attached hydrogens (primary N) is 1. The fourth-order valence-electron chi connectivity index (χ4n) is 1.76. The largest absolute Gasteiger partial charge is 0.324 e. The van der Waals surface area contributed by atoms with Crippen LogP contribution >= 0.6 is 0 Å². The van der Waals surface area contributed by atoms with Crippen LogP contribution in [0.15, 0.2) is 48.8 Å². The van der Waals surface area contributed by atoms with Crippen LogP contribution in [-0.4, -0.2) is 4.98 Å². The smallest absolute Gasteiger partial charge is 0.141 e. The van der Waals surface area contributed by atoms with E-state index in [0.717, 1.165) is 18.4 Å². The minimum atomic E-state index is -0.335. The SMILES string of the molecule is NC(CCc1ccccc1)c1cncc(F)c1. The molecule has 2 aromatic rings. The first kappa shape index (κ1) is 11.7. The fraction of sp³-hybridized carbons (Fsp3) is 0.214. The van der Waals surface area contributed by atoms with Crippen LogP contribution in [-0.2, 0) is 6.42 Å². The topological polar surface area (TPSA) is 38.9 Å². The highest BCUT2D eigenvalue weighted by molar-refractivity contribution is 5.17. The first-order valence-electron chi connectivity index (χ1n) is 5.65. The van der Waals surface area contributed by atoms with E-state index in [9.17, 15) is 4.39 Å². The molecule has 2 N–H and O–H groups in total. The van der Waals surface area contributed by atoms with E-state index < -0.39 is 0 Å². The number of aryl methyl sites for hydroxylation is 1. The summed E-state index contributed by atoms with van der Waals surface area (Å²) in [6, 6.07) is 11.4. The number of aromatic nitrogens is 1. The Morgan fingerprint density at radius 1 is 1.18 bits per heavy atom. The van der Waals surface area contributed by atoms with Crippen LogP contribution in [0.4, 0.5) is 4.39 Å². The molecule has 0 saturated carbocycles. The highest BCUT2D eigenvalue weighted by Crippen LogP contribution is 2.16. The zero-order valence-corrected chi connectivity index (χ0v) is 9.51. The van der Waals surface area contributed by atoms with Crippen molar-refractivity contribution in [1.29, 1.82) is 0 Å². The molecule has 1 unspecified atom stereocenters. The summed E-state index contributed by atoms with van der Waals surface area (Å²) in [4.78, 5) is 3.81. The van der Waals surface area contributed by atoms with Gasteiger partial charge in [-0.3, -0.25) is 4.98 Å². The van der Waals surface area contributed by atoms with Crippen molar-refractivity contribution in [1.82, 2.24) is 4.98 Å². The molecule has 1 aromatic carbocycles. The summed E-state index contributed by atoms with van der Waals surface area (Å²) in [6.07, 6.45) is 4.49. The van der Waals surface area contributed by atoms with Crippen molar-refractivity contribution < 1.29 is 4.39 Å². The molecule has 0 aliphatic rings. The standard InChI is InChI=1S/C14H15FN2/c15-13-8-12(9-17-10-13)14(16)7-6-11-4-2-1-3-5-11/h1-5,8-10,14H,6-7,16H2. The van der Waals surface area contributed by atoms with E-state index in [1.54, 1.807) is 6.20 Å². The minimum absolute atomic E-state index is 0.168. The Morgan fingerprint density at radius 3 is 2.65 bits per heavy atom. The number of halogens is 1. The molecule has 0 aliphatic heterocycles. The lowest BCUT2D eigenvalue weighted by Gasteiger charge is -2.11. The van der Waals surface area contributed by atoms with Gasteiger partial charge in [-0.15, -0.1) is 0 Å². The monoisotopic (exact) mass is 230 g/mol. The molecule has 88 valence electrons. The van der Waals surface area contributed by atoms with Crippen LogP contribution < -0.4 is 5.73 Å². The normalized spacial score (nSPS) is 12.4. The summed E-state index contributed by atoms with van der Waals surface area (Å²) in [6.45, 7) is 0. The average Bonchev–Trinajstić information content (AvgIpc) is 2.37. The lowest BCUT2D eigenvalue weighted by atomic mass is 10.0. The Labute approximate surface area is 100 Å². The lowest BCUT2D eigenvalue weighted by Crippen LogP contribution is -2.11. The average molecular weight is 230 g/mol. The molecule has 2 rings (SSSR count). The van der Waals surface area contributed by atoms with Gasteiger partial charge >= 0.3 is 0 Å². The lowest BCUT2D eigenvalue weighted by molar-refractivity contribution is 0.601. The van der Waals surface area contributed by atoms with E-state index in [1.807, 2.05) is 18.2 Å². The highest BCUT2D eigenvalue weighted by Gasteiger charge is 2.07. The molecule has 0 aliphatic carbocycles. The van der Waals surface area contributed by atoms with Gasteiger partial charge in [0, 0.05) is 12.2 Å². The van der Waals surface area contributed by atoms with E-state index in [-0.39, 0.29) is 11.9 Å². The maximum absolute atomic E-state index is 13.0. The van der Waals surface area contributed by atoms with E-state index in [2.05, 4.69) is 17.1 Å². The van der Waals surface area contributed by atoms with E-state index in [1.165, 1.54) is 17.8 Å². The van der Waals surface area contributed by atoms with Gasteiger partial charge in [-0.1, -0.05) is 30.3 Å². The molecule has 3 heteroatoms. The predicted molar refractivity (Wildman–Crippen MR) is 65.9 cm³/mol. The van der Waals surface area contributed by atoms with E-state index in [0.29, 0.717) is 0 Å². The molecule has 0 fully saturated rings. The first-order chi connectivity index (χ1) is 8.25. The predicted octanol–water partition coefficient (Wildman–Crippen LogP) is 2.85. The van der Waals surface area contributed by atoms with Crippen molar-refractivity contribution in [3.05, 3.63) is 65.7 Å². The van der Waals surface area contributed by atoms with Gasteiger partial charge in [0.25, 0.3) is 0 Å². The zero-order valence-electron chi connectivity index (χ0n) is 9.51. The fourth-order valence-corrected chi connectivity index (χ4v) is 1.76. The Morgan fingerprint density at radius 2 is 1.94 bits per heavy atom. The van der Waals surface area contributed by atoms with Gasteiger partial charge in [-0.25, -0.2) is 4.39 Å². The number of hydrogen-bond acceptors (Lipinski definition) is 2. The molecule has 17 heavy (non-hydrogen) atoms. The van der Waals surface area contributed by atoms with Gasteiger partial charge in [0.2, 0.25) is 0 Å². The molecular weight excluding hydrogens is 215 g/mol. The van der Waals surface area contributed by atoms with Crippen molar-refractivity contribution in [2.45, 2.75) is 18.9 Å². The van der Waals surface area contributed by atoms with Crippen molar-refractivity contribution in [3.8, 4) is 0 Å². The summed E-state index contributed by atoms with van der Waals surface area (Å²) in [5.74, 6) is -0.335. The quantitative estimate of drug-likeness (QED) is 0.877. The summed E-state index contributed by atoms with van der Waals surface area (Å²) in [7, 11) is 0. The Balaban J connectivity index is 1.96. The molecule has 1 aromatic heterocycles. The molecule has 1 heterocycles. The van der Waals surface area contributed by atoms with Crippen LogP contribution in [0.3, 0.4) is 0 Å². The van der Waals surface area contributed by atoms with E-state index >= 15 is 0 Å². The van der Waals surface area contributed by atoms with Crippen LogP contribution in [0.2, 0.25) is 0 Å². The van der Waals surface area contributed by atoms with Crippen molar-refractivity contribution in [2.24, 2.45) is 5.73 Å². The van der Waals surface area contributed by atoms with Gasteiger partial charge in [-0.2, -0.15) is 0 Å². The Bertz CT molecular complexity index is 471. The second-order valence-electron chi connectivity index (χ2n) is 4.07. The second-order valence-corrected chi connectivity index (χ2v) is 4.07. The zero-order chi connectivity index (χ0) is 12.1. The van der Waals surface area contributed by atoms with Crippen LogP contribution in [0.25, 0.3) is 0 Å². The Hall–Kier alpha value is -1.74. The minimum Gasteiger partial charge on any atom is -0.324 e. The second kappa shape index (κ2) is 5.55. The summed E-state index contributed by atoms with van der Waals surface area (Å²) >= 11 is 0. The van der Waals surface area contributed by atoms with Gasteiger partial charge in [-0.05, 0) is 30.0 Å². The van der Waals surface area contributed by atoms with Gasteiger partial charge < -0.3 is 5.73 Å². The number of hydrogen-bond donors (Lipinski definition) is 1. The van der Waals surface area contributed by atoms with E-state index in [4.69, 9.17) is 5.73 Å². The molecule has 0 saturated heterocycles. The third kappa shape index (κ3) is 3.36. The molecule has 0 spiro atoms. The molecule has 0 radical (unpaired) electrons. The maximum Gasteiger partial charge on any atom is 0.141 e. The maximum atomic E-state index is 13.0. The highest BCUT2D eigenvalue weighted by atomic mass is 19.1. The molecule has 0 amide bonds. The molecule has 2 nitrogen and oxygen atoms in total. The van der Waals surface area contributed by atoms with Gasteiger partial charge in [0.15, 0.2) is 0 Å². The third-order valence-electron chi connectivity index (χ3n) is 2.74. The van der Waals surface area contributed by atoms with Crippen LogP contribution in [0.1, 0.15) is 23.6 Å². The number of rotatable bonds is 4. The van der Waals surface area contributed by atoms with Crippen molar-refractivity contribution >= 4 is 0 Å². The number of benzene rings is 1. The number of pyridine rings is 1. The third-order valence-corrected chi connectivity index (χ3v) is 2.74. The number of nitrogens with zero attached hydrogens (tertiary/aromatic N) is 1. The van der Waals surface area contributed by atoms with Crippen molar-refractivity contribution in [3.63, 3.8) is 0 Å². The van der Waals surface area contributed by atoms with Gasteiger partial charge in [0.1, 0.15) is 5.82 Å².